The van der Waals surface area contributed by atoms with Crippen molar-refractivity contribution in [1.82, 2.24) is 9.38 Å². The number of imidazole rings is 1. The van der Waals surface area contributed by atoms with Crippen LogP contribution in [-0.4, -0.2) is 23.0 Å². The number of pyridine rings is 1. The molecular weight excluding hydrogens is 262 g/mol. The van der Waals surface area contributed by atoms with Gasteiger partial charge in [-0.2, -0.15) is 0 Å². The third kappa shape index (κ3) is 2.28. The van der Waals surface area contributed by atoms with Crippen LogP contribution in [0.25, 0.3) is 16.9 Å². The van der Waals surface area contributed by atoms with Crippen LogP contribution in [-0.2, 0) is 6.42 Å². The Kier molecular flexibility index (Phi) is 3.62. The van der Waals surface area contributed by atoms with Gasteiger partial charge in [0, 0.05) is 18.2 Å². The van der Waals surface area contributed by atoms with Crippen molar-refractivity contribution < 1.29 is 4.74 Å². The Hall–Kier alpha value is -2.33. The van der Waals surface area contributed by atoms with Gasteiger partial charge in [-0.3, -0.25) is 0 Å². The first-order valence-electron chi connectivity index (χ1n) is 7.06. The molecule has 0 aliphatic rings. The van der Waals surface area contributed by atoms with Crippen molar-refractivity contribution in [3.05, 3.63) is 53.9 Å². The summed E-state index contributed by atoms with van der Waals surface area (Å²) in [6.07, 6.45) is 2.82. The number of benzene rings is 1. The Balaban J connectivity index is 2.31. The average Bonchev–Trinajstić information content (AvgIpc) is 2.88. The molecule has 0 saturated carbocycles. The number of para-hydroxylation sites is 1. The quantitative estimate of drug-likeness (QED) is 0.800. The Morgan fingerprint density at radius 3 is 2.76 bits per heavy atom. The van der Waals surface area contributed by atoms with Gasteiger partial charge in [0.1, 0.15) is 11.4 Å². The third-order valence-electron chi connectivity index (χ3n) is 3.69. The van der Waals surface area contributed by atoms with Gasteiger partial charge in [-0.25, -0.2) is 4.98 Å². The van der Waals surface area contributed by atoms with Gasteiger partial charge in [0.05, 0.1) is 18.5 Å². The van der Waals surface area contributed by atoms with Crippen molar-refractivity contribution in [2.45, 2.75) is 13.3 Å². The summed E-state index contributed by atoms with van der Waals surface area (Å²) in [7, 11) is 1.68. The molecule has 0 aliphatic heterocycles. The molecule has 3 rings (SSSR count). The predicted molar refractivity (Wildman–Crippen MR) is 84.7 cm³/mol. The van der Waals surface area contributed by atoms with Gasteiger partial charge in [-0.1, -0.05) is 18.2 Å². The molecule has 2 aromatic heterocycles. The van der Waals surface area contributed by atoms with Crippen LogP contribution in [0.5, 0.6) is 5.75 Å². The van der Waals surface area contributed by atoms with Crippen molar-refractivity contribution in [3.63, 3.8) is 0 Å². The fourth-order valence-corrected chi connectivity index (χ4v) is 2.68. The maximum absolute atomic E-state index is 5.79. The molecule has 0 bridgehead atoms. The zero-order chi connectivity index (χ0) is 14.8. The van der Waals surface area contributed by atoms with Gasteiger partial charge in [0.2, 0.25) is 0 Å². The molecule has 3 aromatic rings. The highest BCUT2D eigenvalue weighted by atomic mass is 16.5. The summed E-state index contributed by atoms with van der Waals surface area (Å²) in [5.41, 5.74) is 11.0. The first-order chi connectivity index (χ1) is 10.3. The molecule has 0 fully saturated rings. The fraction of sp³-hybridized carbons (Fsp3) is 0.235. The highest BCUT2D eigenvalue weighted by Crippen LogP contribution is 2.32. The van der Waals surface area contributed by atoms with Crippen molar-refractivity contribution >= 4 is 5.65 Å². The zero-order valence-corrected chi connectivity index (χ0v) is 12.3. The molecule has 0 radical (unpaired) electrons. The molecule has 0 saturated heterocycles. The number of rotatable bonds is 4. The lowest BCUT2D eigenvalue weighted by molar-refractivity contribution is 0.416. The molecule has 0 unspecified atom stereocenters. The third-order valence-corrected chi connectivity index (χ3v) is 3.69. The number of methoxy groups -OCH3 is 1. The van der Waals surface area contributed by atoms with Crippen molar-refractivity contribution in [3.8, 4) is 17.0 Å². The molecular formula is C17H19N3O. The number of hydrogen-bond donors (Lipinski definition) is 1. The predicted octanol–water partition coefficient (Wildman–Crippen LogP) is 2.82. The minimum Gasteiger partial charge on any atom is -0.496 e. The maximum atomic E-state index is 5.79. The Labute approximate surface area is 124 Å². The molecule has 0 amide bonds. The highest BCUT2D eigenvalue weighted by molar-refractivity contribution is 5.73. The minimum absolute atomic E-state index is 0.587. The molecule has 4 heteroatoms. The lowest BCUT2D eigenvalue weighted by Gasteiger charge is -2.08. The number of aromatic nitrogens is 2. The zero-order valence-electron chi connectivity index (χ0n) is 12.3. The van der Waals surface area contributed by atoms with Crippen molar-refractivity contribution in [2.75, 3.05) is 13.7 Å². The van der Waals surface area contributed by atoms with Crippen molar-refractivity contribution in [2.24, 2.45) is 5.73 Å². The number of nitrogens with zero attached hydrogens (tertiary/aromatic N) is 2. The van der Waals surface area contributed by atoms with E-state index in [4.69, 9.17) is 15.5 Å². The normalized spacial score (nSPS) is 11.0. The molecule has 2 heterocycles. The number of aryl methyl sites for hydroxylation is 1. The molecule has 2 N–H and O–H groups in total. The van der Waals surface area contributed by atoms with E-state index in [1.807, 2.05) is 36.5 Å². The first-order valence-corrected chi connectivity index (χ1v) is 7.06. The summed E-state index contributed by atoms with van der Waals surface area (Å²) >= 11 is 0. The van der Waals surface area contributed by atoms with E-state index in [9.17, 15) is 0 Å². The van der Waals surface area contributed by atoms with Gasteiger partial charge in [-0.05, 0) is 37.2 Å². The molecule has 4 nitrogen and oxygen atoms in total. The van der Waals surface area contributed by atoms with Crippen LogP contribution in [0.2, 0.25) is 0 Å². The number of nitrogens with two attached hydrogens (primary N) is 1. The van der Waals surface area contributed by atoms with E-state index in [0.717, 1.165) is 40.3 Å². The number of fused-ring (bicyclic) bond motifs is 1. The van der Waals surface area contributed by atoms with Crippen molar-refractivity contribution in [1.29, 1.82) is 0 Å². The van der Waals surface area contributed by atoms with Gasteiger partial charge < -0.3 is 14.9 Å². The first kappa shape index (κ1) is 13.6. The minimum atomic E-state index is 0.587. The topological polar surface area (TPSA) is 52.5 Å². The van der Waals surface area contributed by atoms with Crippen LogP contribution in [0.1, 0.15) is 11.3 Å². The summed E-state index contributed by atoms with van der Waals surface area (Å²) < 4.78 is 7.61. The Morgan fingerprint density at radius 2 is 2.00 bits per heavy atom. The number of ether oxygens (including phenoxy) is 1. The standard InChI is InChI=1S/C17H19N3O/c1-12-6-5-11-20-14(9-10-18)16(19-17(12)20)13-7-3-4-8-15(13)21-2/h3-8,11H,9-10,18H2,1-2H3. The summed E-state index contributed by atoms with van der Waals surface area (Å²) in [4.78, 5) is 4.84. The van der Waals surface area contributed by atoms with Gasteiger partial charge in [0.15, 0.2) is 0 Å². The summed E-state index contributed by atoms with van der Waals surface area (Å²) in [6, 6.07) is 12.1. The van der Waals surface area contributed by atoms with Crippen LogP contribution in [0, 0.1) is 6.92 Å². The molecule has 0 aliphatic carbocycles. The lowest BCUT2D eigenvalue weighted by atomic mass is 10.1. The molecule has 0 atom stereocenters. The second-order valence-electron chi connectivity index (χ2n) is 5.03. The van der Waals surface area contributed by atoms with E-state index in [2.05, 4.69) is 17.4 Å². The monoisotopic (exact) mass is 281 g/mol. The SMILES string of the molecule is COc1ccccc1-c1nc2c(C)cccn2c1CCN. The van der Waals surface area contributed by atoms with Crippen LogP contribution in [0.3, 0.4) is 0 Å². The Morgan fingerprint density at radius 1 is 1.19 bits per heavy atom. The number of hydrogen-bond acceptors (Lipinski definition) is 3. The van der Waals surface area contributed by atoms with Gasteiger partial charge in [0.25, 0.3) is 0 Å². The van der Waals surface area contributed by atoms with E-state index in [1.54, 1.807) is 7.11 Å². The second kappa shape index (κ2) is 5.58. The van der Waals surface area contributed by atoms with E-state index in [0.29, 0.717) is 6.54 Å². The lowest BCUT2D eigenvalue weighted by Crippen LogP contribution is -2.06. The van der Waals surface area contributed by atoms with Crippen LogP contribution < -0.4 is 10.5 Å². The van der Waals surface area contributed by atoms with E-state index < -0.39 is 0 Å². The fourth-order valence-electron chi connectivity index (χ4n) is 2.68. The molecule has 0 spiro atoms. The van der Waals surface area contributed by atoms with E-state index >= 15 is 0 Å². The van der Waals surface area contributed by atoms with Gasteiger partial charge >= 0.3 is 0 Å². The second-order valence-corrected chi connectivity index (χ2v) is 5.03. The van der Waals surface area contributed by atoms with Crippen LogP contribution >= 0.6 is 0 Å². The van der Waals surface area contributed by atoms with Crippen LogP contribution in [0.4, 0.5) is 0 Å². The smallest absolute Gasteiger partial charge is 0.140 e. The highest BCUT2D eigenvalue weighted by Gasteiger charge is 2.17. The van der Waals surface area contributed by atoms with Gasteiger partial charge in [-0.15, -0.1) is 0 Å². The largest absolute Gasteiger partial charge is 0.496 e. The van der Waals surface area contributed by atoms with E-state index in [1.165, 1.54) is 0 Å². The summed E-state index contributed by atoms with van der Waals surface area (Å²) in [6.45, 7) is 2.66. The van der Waals surface area contributed by atoms with E-state index in [-0.39, 0.29) is 0 Å². The maximum Gasteiger partial charge on any atom is 0.140 e. The summed E-state index contributed by atoms with van der Waals surface area (Å²) in [5.74, 6) is 0.830. The summed E-state index contributed by atoms with van der Waals surface area (Å²) in [5, 5.41) is 0. The Bertz CT molecular complexity index is 777. The molecule has 21 heavy (non-hydrogen) atoms. The average molecular weight is 281 g/mol. The van der Waals surface area contributed by atoms with Crippen LogP contribution in [0.15, 0.2) is 42.6 Å². The molecule has 1 aromatic carbocycles. The molecule has 108 valence electrons.